The molecule has 0 fully saturated rings. The average Bonchev–Trinajstić information content (AvgIpc) is 3.24. The van der Waals surface area contributed by atoms with Gasteiger partial charge in [-0.25, -0.2) is 14.5 Å². The van der Waals surface area contributed by atoms with Gasteiger partial charge in [0.15, 0.2) is 17.3 Å². The van der Waals surface area contributed by atoms with Crippen molar-refractivity contribution in [3.05, 3.63) is 47.2 Å². The molecule has 0 bridgehead atoms. The van der Waals surface area contributed by atoms with E-state index in [2.05, 4.69) is 30.9 Å². The lowest BCUT2D eigenvalue weighted by molar-refractivity contribution is 0.251. The first-order valence-corrected chi connectivity index (χ1v) is 8.66. The standard InChI is InChI=1S/C18H23N7O3/c1-11-7-17(21-18(26)19-9-16-20-12(2)22-23-16)25(24-11)10-13-5-6-14(27-3)15(8-13)28-4/h5-8H,9-10H2,1-4H3,(H2,19,21,26)(H,20,22,23). The molecule has 0 saturated heterocycles. The number of methoxy groups -OCH3 is 2. The third kappa shape index (κ3) is 4.58. The van der Waals surface area contributed by atoms with Crippen molar-refractivity contribution >= 4 is 11.8 Å². The monoisotopic (exact) mass is 385 g/mol. The molecule has 2 aromatic heterocycles. The van der Waals surface area contributed by atoms with Crippen LogP contribution in [0.15, 0.2) is 24.3 Å². The molecule has 2 heterocycles. The summed E-state index contributed by atoms with van der Waals surface area (Å²) in [6.07, 6.45) is 0. The number of ether oxygens (including phenoxy) is 2. The van der Waals surface area contributed by atoms with E-state index in [1.807, 2.05) is 25.1 Å². The second kappa shape index (κ2) is 8.42. The minimum Gasteiger partial charge on any atom is -0.493 e. The van der Waals surface area contributed by atoms with Crippen LogP contribution in [0.5, 0.6) is 11.5 Å². The lowest BCUT2D eigenvalue weighted by Gasteiger charge is -2.12. The summed E-state index contributed by atoms with van der Waals surface area (Å²) in [5.41, 5.74) is 1.75. The van der Waals surface area contributed by atoms with Crippen LogP contribution in [0.25, 0.3) is 0 Å². The van der Waals surface area contributed by atoms with E-state index in [4.69, 9.17) is 9.47 Å². The van der Waals surface area contributed by atoms with Crippen LogP contribution in [0, 0.1) is 13.8 Å². The van der Waals surface area contributed by atoms with Crippen molar-refractivity contribution < 1.29 is 14.3 Å². The number of anilines is 1. The number of H-pyrrole nitrogens is 1. The first kappa shape index (κ1) is 19.2. The number of aromatic nitrogens is 5. The van der Waals surface area contributed by atoms with Gasteiger partial charge in [-0.1, -0.05) is 6.07 Å². The molecule has 0 radical (unpaired) electrons. The Hall–Kier alpha value is -3.56. The molecule has 3 N–H and O–H groups in total. The SMILES string of the molecule is COc1ccc(Cn2nc(C)cc2NC(=O)NCc2n[nH]c(C)n2)cc1OC. The van der Waals surface area contributed by atoms with E-state index in [0.717, 1.165) is 11.3 Å². The highest BCUT2D eigenvalue weighted by Crippen LogP contribution is 2.28. The molecule has 0 unspecified atom stereocenters. The van der Waals surface area contributed by atoms with E-state index in [9.17, 15) is 4.79 Å². The fraction of sp³-hybridized carbons (Fsp3) is 0.333. The lowest BCUT2D eigenvalue weighted by Crippen LogP contribution is -2.29. The summed E-state index contributed by atoms with van der Waals surface area (Å²) in [5, 5.41) is 16.7. The summed E-state index contributed by atoms with van der Waals surface area (Å²) in [4.78, 5) is 16.4. The van der Waals surface area contributed by atoms with E-state index >= 15 is 0 Å². The minimum absolute atomic E-state index is 0.221. The Bertz CT molecular complexity index is 964. The number of aryl methyl sites for hydroxylation is 2. The molecular weight excluding hydrogens is 362 g/mol. The number of benzene rings is 1. The van der Waals surface area contributed by atoms with Crippen molar-refractivity contribution in [3.63, 3.8) is 0 Å². The van der Waals surface area contributed by atoms with E-state index in [0.29, 0.717) is 35.5 Å². The number of hydrogen-bond donors (Lipinski definition) is 3. The van der Waals surface area contributed by atoms with Gasteiger partial charge in [0.2, 0.25) is 0 Å². The van der Waals surface area contributed by atoms with Crippen molar-refractivity contribution in [2.75, 3.05) is 19.5 Å². The van der Waals surface area contributed by atoms with Gasteiger partial charge in [-0.2, -0.15) is 10.2 Å². The van der Waals surface area contributed by atoms with E-state index in [-0.39, 0.29) is 12.6 Å². The zero-order valence-electron chi connectivity index (χ0n) is 16.2. The summed E-state index contributed by atoms with van der Waals surface area (Å²) in [6.45, 7) is 4.35. The number of amides is 2. The molecule has 0 aliphatic heterocycles. The van der Waals surface area contributed by atoms with Crippen LogP contribution in [0.2, 0.25) is 0 Å². The zero-order valence-corrected chi connectivity index (χ0v) is 16.2. The minimum atomic E-state index is -0.365. The van der Waals surface area contributed by atoms with Gasteiger partial charge >= 0.3 is 6.03 Å². The lowest BCUT2D eigenvalue weighted by atomic mass is 10.2. The molecular formula is C18H23N7O3. The number of carbonyl (C=O) groups is 1. The molecule has 0 saturated carbocycles. The number of rotatable bonds is 7. The van der Waals surface area contributed by atoms with Crippen LogP contribution in [0.3, 0.4) is 0 Å². The highest BCUT2D eigenvalue weighted by atomic mass is 16.5. The van der Waals surface area contributed by atoms with Gasteiger partial charge in [0, 0.05) is 6.07 Å². The second-order valence-electron chi connectivity index (χ2n) is 6.16. The molecule has 1 aromatic carbocycles. The van der Waals surface area contributed by atoms with Crippen molar-refractivity contribution in [1.82, 2.24) is 30.3 Å². The maximum Gasteiger partial charge on any atom is 0.320 e. The molecule has 10 nitrogen and oxygen atoms in total. The topological polar surface area (TPSA) is 119 Å². The summed E-state index contributed by atoms with van der Waals surface area (Å²) < 4.78 is 12.3. The van der Waals surface area contributed by atoms with E-state index in [1.54, 1.807) is 31.9 Å². The third-order valence-electron chi connectivity index (χ3n) is 3.97. The van der Waals surface area contributed by atoms with Crippen LogP contribution < -0.4 is 20.1 Å². The molecule has 0 atom stereocenters. The number of nitrogens with one attached hydrogen (secondary N) is 3. The molecule has 3 aromatic rings. The molecule has 148 valence electrons. The van der Waals surface area contributed by atoms with Gasteiger partial charge in [-0.3, -0.25) is 10.4 Å². The van der Waals surface area contributed by atoms with Crippen LogP contribution in [0.4, 0.5) is 10.6 Å². The highest BCUT2D eigenvalue weighted by Gasteiger charge is 2.12. The van der Waals surface area contributed by atoms with Crippen LogP contribution >= 0.6 is 0 Å². The number of aromatic amines is 1. The summed E-state index contributed by atoms with van der Waals surface area (Å²) >= 11 is 0. The zero-order chi connectivity index (χ0) is 20.1. The predicted octanol–water partition coefficient (Wildman–Crippen LogP) is 2.01. The predicted molar refractivity (Wildman–Crippen MR) is 103 cm³/mol. The van der Waals surface area contributed by atoms with E-state index in [1.165, 1.54) is 0 Å². The van der Waals surface area contributed by atoms with Gasteiger partial charge < -0.3 is 14.8 Å². The Morgan fingerprint density at radius 2 is 1.96 bits per heavy atom. The smallest absolute Gasteiger partial charge is 0.320 e. The Labute approximate surface area is 162 Å². The Morgan fingerprint density at radius 1 is 1.18 bits per heavy atom. The van der Waals surface area contributed by atoms with Gasteiger partial charge in [-0.15, -0.1) is 0 Å². The molecule has 2 amide bonds. The normalized spacial score (nSPS) is 10.6. The Kier molecular flexibility index (Phi) is 5.78. The van der Waals surface area contributed by atoms with Crippen LogP contribution in [-0.4, -0.2) is 45.2 Å². The second-order valence-corrected chi connectivity index (χ2v) is 6.16. The molecule has 0 aliphatic carbocycles. The molecule has 10 heteroatoms. The summed E-state index contributed by atoms with van der Waals surface area (Å²) in [5.74, 6) is 3.08. The van der Waals surface area contributed by atoms with Crippen molar-refractivity contribution in [2.45, 2.75) is 26.9 Å². The fourth-order valence-corrected chi connectivity index (χ4v) is 2.71. The summed E-state index contributed by atoms with van der Waals surface area (Å²) in [7, 11) is 3.18. The quantitative estimate of drug-likeness (QED) is 0.572. The van der Waals surface area contributed by atoms with Gasteiger partial charge in [0.25, 0.3) is 0 Å². The highest BCUT2D eigenvalue weighted by molar-refractivity contribution is 5.88. The maximum atomic E-state index is 12.2. The van der Waals surface area contributed by atoms with Crippen LogP contribution in [0.1, 0.15) is 22.9 Å². The Morgan fingerprint density at radius 3 is 2.64 bits per heavy atom. The van der Waals surface area contributed by atoms with Crippen molar-refractivity contribution in [3.8, 4) is 11.5 Å². The maximum absolute atomic E-state index is 12.2. The Balaban J connectivity index is 1.68. The average molecular weight is 385 g/mol. The van der Waals surface area contributed by atoms with Crippen LogP contribution in [-0.2, 0) is 13.1 Å². The van der Waals surface area contributed by atoms with E-state index < -0.39 is 0 Å². The van der Waals surface area contributed by atoms with Crippen molar-refractivity contribution in [1.29, 1.82) is 0 Å². The summed E-state index contributed by atoms with van der Waals surface area (Å²) in [6, 6.07) is 7.08. The first-order chi connectivity index (χ1) is 13.5. The molecule has 0 spiro atoms. The number of urea groups is 1. The molecule has 0 aliphatic rings. The van der Waals surface area contributed by atoms with Crippen molar-refractivity contribution in [2.24, 2.45) is 0 Å². The number of nitrogens with zero attached hydrogens (tertiary/aromatic N) is 4. The number of hydrogen-bond acceptors (Lipinski definition) is 6. The fourth-order valence-electron chi connectivity index (χ4n) is 2.71. The van der Waals surface area contributed by atoms with Gasteiger partial charge in [-0.05, 0) is 31.5 Å². The number of carbonyl (C=O) groups excluding carboxylic acids is 1. The molecule has 28 heavy (non-hydrogen) atoms. The third-order valence-corrected chi connectivity index (χ3v) is 3.97. The van der Waals surface area contributed by atoms with Gasteiger partial charge in [0.05, 0.1) is 33.0 Å². The molecule has 3 rings (SSSR count). The first-order valence-electron chi connectivity index (χ1n) is 8.66. The van der Waals surface area contributed by atoms with Gasteiger partial charge in [0.1, 0.15) is 11.6 Å². The largest absolute Gasteiger partial charge is 0.493 e.